The van der Waals surface area contributed by atoms with Crippen LogP contribution >= 0.6 is 0 Å². The van der Waals surface area contributed by atoms with Gasteiger partial charge in [-0.3, -0.25) is 9.59 Å². The van der Waals surface area contributed by atoms with Crippen LogP contribution in [0.4, 0.5) is 0 Å². The molecule has 3 nitrogen and oxygen atoms in total. The van der Waals surface area contributed by atoms with E-state index in [1.807, 2.05) is 30.3 Å². The van der Waals surface area contributed by atoms with E-state index in [1.165, 1.54) is 12.2 Å². The van der Waals surface area contributed by atoms with E-state index in [0.717, 1.165) is 5.56 Å². The number of benzene rings is 1. The second-order valence-electron chi connectivity index (χ2n) is 3.54. The number of hydrogen-bond acceptors (Lipinski definition) is 2. The van der Waals surface area contributed by atoms with E-state index < -0.39 is 0 Å². The fourth-order valence-corrected chi connectivity index (χ4v) is 1.38. The molecule has 0 spiro atoms. The van der Waals surface area contributed by atoms with Gasteiger partial charge in [-0.25, -0.2) is 0 Å². The van der Waals surface area contributed by atoms with E-state index in [4.69, 9.17) is 0 Å². The number of ketones is 1. The van der Waals surface area contributed by atoms with Crippen molar-refractivity contribution in [3.8, 4) is 0 Å². The lowest BCUT2D eigenvalue weighted by Crippen LogP contribution is -2.35. The Morgan fingerprint density at radius 2 is 1.94 bits per heavy atom. The minimum atomic E-state index is -0.112. The average molecular weight is 213 g/mol. The van der Waals surface area contributed by atoms with E-state index in [0.29, 0.717) is 12.1 Å². The Hall–Kier alpha value is -2.16. The van der Waals surface area contributed by atoms with Gasteiger partial charge in [-0.2, -0.15) is 0 Å². The fourth-order valence-electron chi connectivity index (χ4n) is 1.38. The van der Waals surface area contributed by atoms with Gasteiger partial charge < -0.3 is 5.32 Å². The number of hydrogen-bond donors (Lipinski definition) is 1. The summed E-state index contributed by atoms with van der Waals surface area (Å²) in [7, 11) is 0. The molecule has 0 saturated carbocycles. The molecule has 0 aromatic heterocycles. The lowest BCUT2D eigenvalue weighted by atomic mass is 10.1. The van der Waals surface area contributed by atoms with Crippen LogP contribution < -0.4 is 5.32 Å². The highest BCUT2D eigenvalue weighted by atomic mass is 16.2. The van der Waals surface area contributed by atoms with Crippen molar-refractivity contribution in [1.29, 1.82) is 0 Å². The van der Waals surface area contributed by atoms with Gasteiger partial charge in [0.1, 0.15) is 0 Å². The van der Waals surface area contributed by atoms with Crippen molar-refractivity contribution >= 4 is 17.8 Å². The molecule has 1 heterocycles. The third-order valence-electron chi connectivity index (χ3n) is 2.21. The maximum Gasteiger partial charge on any atom is 0.230 e. The van der Waals surface area contributed by atoms with E-state index >= 15 is 0 Å². The lowest BCUT2D eigenvalue weighted by Gasteiger charge is -2.16. The molecule has 16 heavy (non-hydrogen) atoms. The predicted molar refractivity (Wildman–Crippen MR) is 61.3 cm³/mol. The molecular formula is C13H11NO2. The zero-order valence-electron chi connectivity index (χ0n) is 8.64. The van der Waals surface area contributed by atoms with Gasteiger partial charge in [0.05, 0.1) is 6.42 Å². The molecule has 1 aliphatic rings. The molecule has 1 aliphatic heterocycles. The molecule has 1 amide bonds. The van der Waals surface area contributed by atoms with E-state index in [2.05, 4.69) is 5.32 Å². The van der Waals surface area contributed by atoms with Crippen LogP contribution in [0.5, 0.6) is 0 Å². The quantitative estimate of drug-likeness (QED) is 0.613. The zero-order valence-corrected chi connectivity index (χ0v) is 8.64. The van der Waals surface area contributed by atoms with Gasteiger partial charge in [0.25, 0.3) is 0 Å². The Morgan fingerprint density at radius 3 is 2.56 bits per heavy atom. The number of β-lactam (4-membered cyclic amide) rings is 1. The first-order valence-electron chi connectivity index (χ1n) is 5.01. The van der Waals surface area contributed by atoms with Crippen LogP contribution in [0.15, 0.2) is 48.2 Å². The van der Waals surface area contributed by atoms with Gasteiger partial charge in [-0.1, -0.05) is 36.4 Å². The SMILES string of the molecule is O=C(/C=C1/CC(=O)N1)/C=C/c1ccccc1. The van der Waals surface area contributed by atoms with Crippen molar-refractivity contribution in [2.24, 2.45) is 0 Å². The number of carbonyl (C=O) groups excluding carboxylic acids is 2. The first kappa shape index (κ1) is 10.4. The third kappa shape index (κ3) is 2.67. The average Bonchev–Trinajstić information content (AvgIpc) is 2.26. The van der Waals surface area contributed by atoms with Gasteiger partial charge >= 0.3 is 0 Å². The molecule has 1 fully saturated rings. The van der Waals surface area contributed by atoms with Gasteiger partial charge in [0, 0.05) is 11.8 Å². The summed E-state index contributed by atoms with van der Waals surface area (Å²) in [4.78, 5) is 22.0. The van der Waals surface area contributed by atoms with Crippen LogP contribution in [0.3, 0.4) is 0 Å². The van der Waals surface area contributed by atoms with E-state index in [-0.39, 0.29) is 11.7 Å². The summed E-state index contributed by atoms with van der Waals surface area (Å²) in [5, 5.41) is 2.54. The molecule has 0 bridgehead atoms. The fraction of sp³-hybridized carbons (Fsp3) is 0.0769. The number of allylic oxidation sites excluding steroid dienone is 2. The minimum Gasteiger partial charge on any atom is -0.329 e. The van der Waals surface area contributed by atoms with Crippen molar-refractivity contribution < 1.29 is 9.59 Å². The van der Waals surface area contributed by atoms with Crippen molar-refractivity contribution in [2.45, 2.75) is 6.42 Å². The predicted octanol–water partition coefficient (Wildman–Crippen LogP) is 1.67. The first-order valence-corrected chi connectivity index (χ1v) is 5.01. The van der Waals surface area contributed by atoms with Crippen LogP contribution in [-0.4, -0.2) is 11.7 Å². The summed E-state index contributed by atoms with van der Waals surface area (Å²) in [5.41, 5.74) is 1.67. The van der Waals surface area contributed by atoms with Crippen molar-refractivity contribution in [1.82, 2.24) is 5.32 Å². The Labute approximate surface area is 93.5 Å². The smallest absolute Gasteiger partial charge is 0.230 e. The molecule has 1 aromatic carbocycles. The summed E-state index contributed by atoms with van der Waals surface area (Å²) in [6.07, 6.45) is 5.03. The molecule has 0 aliphatic carbocycles. The van der Waals surface area contributed by atoms with Crippen LogP contribution in [0.1, 0.15) is 12.0 Å². The molecule has 0 radical (unpaired) electrons. The minimum absolute atomic E-state index is 0.0360. The van der Waals surface area contributed by atoms with E-state index in [1.54, 1.807) is 6.08 Å². The monoisotopic (exact) mass is 213 g/mol. The molecule has 80 valence electrons. The highest BCUT2D eigenvalue weighted by Crippen LogP contribution is 2.08. The molecular weight excluding hydrogens is 202 g/mol. The summed E-state index contributed by atoms with van der Waals surface area (Å²) >= 11 is 0. The maximum atomic E-state index is 11.4. The Balaban J connectivity index is 1.95. The summed E-state index contributed by atoms with van der Waals surface area (Å²) < 4.78 is 0. The van der Waals surface area contributed by atoms with Crippen LogP contribution in [0.25, 0.3) is 6.08 Å². The summed E-state index contributed by atoms with van der Waals surface area (Å²) in [6, 6.07) is 9.58. The molecule has 2 rings (SSSR count). The summed E-state index contributed by atoms with van der Waals surface area (Å²) in [6.45, 7) is 0. The topological polar surface area (TPSA) is 46.2 Å². The Morgan fingerprint density at radius 1 is 1.25 bits per heavy atom. The van der Waals surface area contributed by atoms with Crippen molar-refractivity contribution in [3.63, 3.8) is 0 Å². The third-order valence-corrected chi connectivity index (χ3v) is 2.21. The van der Waals surface area contributed by atoms with Gasteiger partial charge in [0.15, 0.2) is 5.78 Å². The normalized spacial score (nSPS) is 17.2. The molecule has 1 N–H and O–H groups in total. The standard InChI is InChI=1S/C13H11NO2/c15-12(8-11-9-13(16)14-11)7-6-10-4-2-1-3-5-10/h1-8H,9H2,(H,14,16)/b7-6+,11-8-. The van der Waals surface area contributed by atoms with Gasteiger partial charge in [-0.15, -0.1) is 0 Å². The maximum absolute atomic E-state index is 11.4. The number of carbonyl (C=O) groups is 2. The van der Waals surface area contributed by atoms with Gasteiger partial charge in [0.2, 0.25) is 5.91 Å². The second-order valence-corrected chi connectivity index (χ2v) is 3.54. The lowest BCUT2D eigenvalue weighted by molar-refractivity contribution is -0.123. The number of rotatable bonds is 3. The Kier molecular flexibility index (Phi) is 2.96. The Bertz CT molecular complexity index is 462. The second kappa shape index (κ2) is 4.57. The molecule has 1 aromatic rings. The molecule has 0 atom stereocenters. The van der Waals surface area contributed by atoms with Crippen LogP contribution in [0, 0.1) is 0 Å². The van der Waals surface area contributed by atoms with Crippen LogP contribution in [0.2, 0.25) is 0 Å². The van der Waals surface area contributed by atoms with Crippen molar-refractivity contribution in [2.75, 3.05) is 0 Å². The summed E-state index contributed by atoms with van der Waals surface area (Å²) in [5.74, 6) is -0.148. The molecule has 3 heteroatoms. The molecule has 1 saturated heterocycles. The van der Waals surface area contributed by atoms with Crippen LogP contribution in [-0.2, 0) is 9.59 Å². The number of nitrogens with one attached hydrogen (secondary N) is 1. The van der Waals surface area contributed by atoms with Gasteiger partial charge in [-0.05, 0) is 11.6 Å². The zero-order chi connectivity index (χ0) is 11.4. The molecule has 0 unspecified atom stereocenters. The highest BCUT2D eigenvalue weighted by Gasteiger charge is 2.17. The van der Waals surface area contributed by atoms with E-state index in [9.17, 15) is 9.59 Å². The number of amides is 1. The first-order chi connectivity index (χ1) is 7.74. The largest absolute Gasteiger partial charge is 0.329 e. The van der Waals surface area contributed by atoms with Crippen molar-refractivity contribution in [3.05, 3.63) is 53.7 Å². The highest BCUT2D eigenvalue weighted by molar-refractivity contribution is 6.04.